The third kappa shape index (κ3) is 4.41. The molecule has 3 rings (SSSR count). The van der Waals surface area contributed by atoms with Crippen LogP contribution in [-0.2, 0) is 6.42 Å². The second-order valence-electron chi connectivity index (χ2n) is 6.68. The highest BCUT2D eigenvalue weighted by atomic mass is 35.5. The molecule has 0 aliphatic carbocycles. The molecule has 6 heteroatoms. The van der Waals surface area contributed by atoms with Gasteiger partial charge in [0.2, 0.25) is 0 Å². The van der Waals surface area contributed by atoms with Crippen molar-refractivity contribution in [2.45, 2.75) is 25.7 Å². The first-order valence-electron chi connectivity index (χ1n) is 8.81. The van der Waals surface area contributed by atoms with E-state index in [-0.39, 0.29) is 17.2 Å². The molecule has 0 N–H and O–H groups in total. The third-order valence-corrected chi connectivity index (χ3v) is 5.21. The van der Waals surface area contributed by atoms with E-state index in [4.69, 9.17) is 11.6 Å². The topological polar surface area (TPSA) is 63.4 Å². The largest absolute Gasteiger partial charge is 0.338 e. The summed E-state index contributed by atoms with van der Waals surface area (Å²) >= 11 is 5.93. The molecule has 1 aliphatic rings. The number of carbonyl (C=O) groups excluding carboxylic acids is 1. The number of rotatable bonds is 5. The van der Waals surface area contributed by atoms with Crippen molar-refractivity contribution in [3.63, 3.8) is 0 Å². The maximum absolute atomic E-state index is 12.7. The maximum atomic E-state index is 12.7. The highest BCUT2D eigenvalue weighted by Gasteiger charge is 2.28. The van der Waals surface area contributed by atoms with E-state index in [2.05, 4.69) is 24.3 Å². The van der Waals surface area contributed by atoms with Gasteiger partial charge in [0.05, 0.1) is 4.92 Å². The summed E-state index contributed by atoms with van der Waals surface area (Å²) < 4.78 is 0. The van der Waals surface area contributed by atoms with Gasteiger partial charge in [0, 0.05) is 24.2 Å². The normalized spacial score (nSPS) is 15.0. The second-order valence-corrected chi connectivity index (χ2v) is 7.11. The van der Waals surface area contributed by atoms with Crippen LogP contribution in [0.3, 0.4) is 0 Å². The van der Waals surface area contributed by atoms with Crippen LogP contribution in [0, 0.1) is 16.0 Å². The predicted octanol–water partition coefficient (Wildman–Crippen LogP) is 4.73. The van der Waals surface area contributed by atoms with Crippen LogP contribution in [0.1, 0.15) is 35.2 Å². The third-order valence-electron chi connectivity index (χ3n) is 4.97. The van der Waals surface area contributed by atoms with Crippen molar-refractivity contribution in [2.24, 2.45) is 5.92 Å². The molecule has 0 aromatic heterocycles. The van der Waals surface area contributed by atoms with Gasteiger partial charge in [-0.2, -0.15) is 0 Å². The Hall–Kier alpha value is -2.40. The van der Waals surface area contributed by atoms with Gasteiger partial charge in [0.15, 0.2) is 0 Å². The van der Waals surface area contributed by atoms with Gasteiger partial charge >= 0.3 is 0 Å². The zero-order valence-electron chi connectivity index (χ0n) is 14.4. The molecule has 2 aromatic rings. The number of hydrogen-bond acceptors (Lipinski definition) is 3. The Morgan fingerprint density at radius 3 is 2.50 bits per heavy atom. The summed E-state index contributed by atoms with van der Waals surface area (Å²) in [6.07, 6.45) is 3.99. The molecule has 1 fully saturated rings. The number of benzene rings is 2. The van der Waals surface area contributed by atoms with Gasteiger partial charge in [-0.1, -0.05) is 41.9 Å². The minimum absolute atomic E-state index is 0.0743. The summed E-state index contributed by atoms with van der Waals surface area (Å²) in [6, 6.07) is 14.5. The molecule has 0 atom stereocenters. The molecule has 2 aromatic carbocycles. The summed E-state index contributed by atoms with van der Waals surface area (Å²) in [5, 5.41) is 11.5. The van der Waals surface area contributed by atoms with Gasteiger partial charge in [0.1, 0.15) is 5.56 Å². The molecular formula is C20H21ClN2O3. The van der Waals surface area contributed by atoms with E-state index >= 15 is 0 Å². The minimum Gasteiger partial charge on any atom is -0.338 e. The lowest BCUT2D eigenvalue weighted by Gasteiger charge is -2.32. The minimum atomic E-state index is -0.532. The monoisotopic (exact) mass is 372 g/mol. The lowest BCUT2D eigenvalue weighted by atomic mass is 9.90. The van der Waals surface area contributed by atoms with E-state index in [0.29, 0.717) is 24.0 Å². The summed E-state index contributed by atoms with van der Waals surface area (Å²) in [5.74, 6) is 0.273. The zero-order valence-corrected chi connectivity index (χ0v) is 15.2. The van der Waals surface area contributed by atoms with Crippen LogP contribution in [0.15, 0.2) is 48.5 Å². The Morgan fingerprint density at radius 2 is 1.85 bits per heavy atom. The summed E-state index contributed by atoms with van der Waals surface area (Å²) in [4.78, 5) is 25.1. The quantitative estimate of drug-likeness (QED) is 0.562. The van der Waals surface area contributed by atoms with Crippen molar-refractivity contribution in [1.29, 1.82) is 0 Å². The fourth-order valence-electron chi connectivity index (χ4n) is 3.45. The molecule has 0 spiro atoms. The first kappa shape index (κ1) is 18.4. The van der Waals surface area contributed by atoms with Crippen molar-refractivity contribution in [1.82, 2.24) is 4.90 Å². The predicted molar refractivity (Wildman–Crippen MR) is 101 cm³/mol. The van der Waals surface area contributed by atoms with E-state index in [1.54, 1.807) is 4.90 Å². The molecule has 0 saturated carbocycles. The van der Waals surface area contributed by atoms with Crippen LogP contribution in [0.5, 0.6) is 0 Å². The Morgan fingerprint density at radius 1 is 1.15 bits per heavy atom. The Balaban J connectivity index is 1.59. The SMILES string of the molecule is O=C(c1cc(Cl)ccc1[N+](=O)[O-])N1CCC(CCc2ccccc2)CC1. The van der Waals surface area contributed by atoms with Crippen LogP contribution < -0.4 is 0 Å². The van der Waals surface area contributed by atoms with Crippen LogP contribution in [0.2, 0.25) is 5.02 Å². The summed E-state index contributed by atoms with van der Waals surface area (Å²) in [6.45, 7) is 1.25. The number of nitro groups is 1. The smallest absolute Gasteiger partial charge is 0.282 e. The van der Waals surface area contributed by atoms with Crippen molar-refractivity contribution in [2.75, 3.05) is 13.1 Å². The molecule has 1 amide bonds. The van der Waals surface area contributed by atoms with Gasteiger partial charge < -0.3 is 4.90 Å². The van der Waals surface area contributed by atoms with Crippen LogP contribution in [0.4, 0.5) is 5.69 Å². The lowest BCUT2D eigenvalue weighted by Crippen LogP contribution is -2.38. The van der Waals surface area contributed by atoms with Crippen molar-refractivity contribution in [3.8, 4) is 0 Å². The molecule has 1 heterocycles. The number of aryl methyl sites for hydroxylation is 1. The molecule has 1 aliphatic heterocycles. The molecule has 5 nitrogen and oxygen atoms in total. The lowest BCUT2D eigenvalue weighted by molar-refractivity contribution is -0.385. The number of hydrogen-bond donors (Lipinski definition) is 0. The van der Waals surface area contributed by atoms with E-state index in [0.717, 1.165) is 25.7 Å². The molecular weight excluding hydrogens is 352 g/mol. The van der Waals surface area contributed by atoms with Gasteiger partial charge in [-0.25, -0.2) is 0 Å². The number of piperidine rings is 1. The van der Waals surface area contributed by atoms with Crippen LogP contribution in [0.25, 0.3) is 0 Å². The zero-order chi connectivity index (χ0) is 18.5. The number of carbonyl (C=O) groups is 1. The molecule has 26 heavy (non-hydrogen) atoms. The summed E-state index contributed by atoms with van der Waals surface area (Å²) in [5.41, 5.74) is 1.22. The first-order chi connectivity index (χ1) is 12.5. The van der Waals surface area contributed by atoms with Crippen LogP contribution >= 0.6 is 11.6 Å². The number of nitro benzene ring substituents is 1. The number of likely N-dealkylation sites (tertiary alicyclic amines) is 1. The highest BCUT2D eigenvalue weighted by molar-refractivity contribution is 6.31. The first-order valence-corrected chi connectivity index (χ1v) is 9.19. The van der Waals surface area contributed by atoms with Gasteiger partial charge in [-0.05, 0) is 49.3 Å². The van der Waals surface area contributed by atoms with E-state index in [1.807, 2.05) is 6.07 Å². The molecule has 0 radical (unpaired) electrons. The Bertz CT molecular complexity index is 787. The highest BCUT2D eigenvalue weighted by Crippen LogP contribution is 2.27. The molecule has 136 valence electrons. The van der Waals surface area contributed by atoms with Gasteiger partial charge in [-0.15, -0.1) is 0 Å². The van der Waals surface area contributed by atoms with E-state index < -0.39 is 4.92 Å². The van der Waals surface area contributed by atoms with Crippen molar-refractivity contribution >= 4 is 23.2 Å². The average molecular weight is 373 g/mol. The maximum Gasteiger partial charge on any atom is 0.282 e. The van der Waals surface area contributed by atoms with Gasteiger partial charge in [0.25, 0.3) is 11.6 Å². The standard InChI is InChI=1S/C20H21ClN2O3/c21-17-8-9-19(23(25)26)18(14-17)20(24)22-12-10-16(11-13-22)7-6-15-4-2-1-3-5-15/h1-5,8-9,14,16H,6-7,10-13H2. The number of nitrogens with zero attached hydrogens (tertiary/aromatic N) is 2. The van der Waals surface area contributed by atoms with E-state index in [9.17, 15) is 14.9 Å². The summed E-state index contributed by atoms with van der Waals surface area (Å²) in [7, 11) is 0. The van der Waals surface area contributed by atoms with Gasteiger partial charge in [-0.3, -0.25) is 14.9 Å². The number of amides is 1. The number of halogens is 1. The van der Waals surface area contributed by atoms with Crippen LogP contribution in [-0.4, -0.2) is 28.8 Å². The molecule has 0 bridgehead atoms. The molecule has 0 unspecified atom stereocenters. The Labute approximate surface area is 157 Å². The second kappa shape index (κ2) is 8.32. The molecule has 1 saturated heterocycles. The fraction of sp³-hybridized carbons (Fsp3) is 0.350. The van der Waals surface area contributed by atoms with Crippen molar-refractivity contribution < 1.29 is 9.72 Å². The van der Waals surface area contributed by atoms with Crippen molar-refractivity contribution in [3.05, 3.63) is 74.8 Å². The average Bonchev–Trinajstić information content (AvgIpc) is 2.66. The Kier molecular flexibility index (Phi) is 5.89. The van der Waals surface area contributed by atoms with E-state index in [1.165, 1.54) is 23.8 Å². The fourth-order valence-corrected chi connectivity index (χ4v) is 3.62.